The van der Waals surface area contributed by atoms with Crippen LogP contribution in [0.1, 0.15) is 5.69 Å². The van der Waals surface area contributed by atoms with Gasteiger partial charge in [0, 0.05) is 9.86 Å². The smallest absolute Gasteiger partial charge is 0.136 e. The lowest BCUT2D eigenvalue weighted by Gasteiger charge is -2.05. The topological polar surface area (TPSA) is 38.1 Å². The number of pyridine rings is 1. The van der Waals surface area contributed by atoms with Crippen LogP contribution in [0.2, 0.25) is 0 Å². The van der Waals surface area contributed by atoms with Crippen molar-refractivity contribution in [2.45, 2.75) is 6.92 Å². The maximum Gasteiger partial charge on any atom is 0.136 e. The van der Waals surface area contributed by atoms with E-state index in [1.807, 2.05) is 43.3 Å². The number of anilines is 2. The average Bonchev–Trinajstić information content (AvgIpc) is 2.78. The summed E-state index contributed by atoms with van der Waals surface area (Å²) in [7, 11) is 0. The molecule has 1 N–H and O–H groups in total. The van der Waals surface area contributed by atoms with Crippen molar-refractivity contribution in [2.24, 2.45) is 0 Å². The molecule has 3 aromatic rings. The van der Waals surface area contributed by atoms with E-state index in [0.29, 0.717) is 0 Å². The summed E-state index contributed by atoms with van der Waals surface area (Å²) in [5, 5.41) is 4.32. The molecule has 0 atom stereocenters. The van der Waals surface area contributed by atoms with Crippen molar-refractivity contribution in [3.8, 4) is 0 Å². The molecule has 0 aliphatic carbocycles. The number of hydrogen-bond donors (Lipinski definition) is 1. The normalized spacial score (nSPS) is 10.8. The van der Waals surface area contributed by atoms with E-state index in [1.165, 1.54) is 0 Å². The zero-order valence-corrected chi connectivity index (χ0v) is 11.4. The molecule has 3 nitrogen and oxygen atoms in total. The summed E-state index contributed by atoms with van der Waals surface area (Å²) in [4.78, 5) is 4.45. The molecule has 0 fully saturated rings. The van der Waals surface area contributed by atoms with Gasteiger partial charge in [-0.1, -0.05) is 12.1 Å². The Kier molecular flexibility index (Phi) is 2.80. The number of nitrogens with zero attached hydrogens (tertiary/aromatic N) is 1. The standard InChI is InChI=1S/C14H11BrN2O/c1-9-11(15)6-7-14(16-9)17-12-8-18-13-5-3-2-4-10(12)13/h2-8H,1H3,(H,16,17). The van der Waals surface area contributed by atoms with Crippen molar-refractivity contribution >= 4 is 38.4 Å². The highest BCUT2D eigenvalue weighted by atomic mass is 79.9. The summed E-state index contributed by atoms with van der Waals surface area (Å²) in [6, 6.07) is 11.8. The Morgan fingerprint density at radius 1 is 1.17 bits per heavy atom. The highest BCUT2D eigenvalue weighted by Crippen LogP contribution is 2.28. The van der Waals surface area contributed by atoms with E-state index in [2.05, 4.69) is 26.2 Å². The first-order chi connectivity index (χ1) is 8.74. The molecule has 0 radical (unpaired) electrons. The fourth-order valence-electron chi connectivity index (χ4n) is 1.83. The third kappa shape index (κ3) is 1.99. The van der Waals surface area contributed by atoms with Crippen LogP contribution >= 0.6 is 15.9 Å². The van der Waals surface area contributed by atoms with Crippen LogP contribution in [0.25, 0.3) is 11.0 Å². The zero-order valence-electron chi connectivity index (χ0n) is 9.77. The fraction of sp³-hybridized carbons (Fsp3) is 0.0714. The maximum absolute atomic E-state index is 5.48. The Bertz CT molecular complexity index is 706. The highest BCUT2D eigenvalue weighted by molar-refractivity contribution is 9.10. The molecule has 0 unspecified atom stereocenters. The number of fused-ring (bicyclic) bond motifs is 1. The number of rotatable bonds is 2. The number of para-hydroxylation sites is 1. The summed E-state index contributed by atoms with van der Waals surface area (Å²) >= 11 is 3.44. The molecule has 4 heteroatoms. The first kappa shape index (κ1) is 11.3. The molecule has 0 saturated carbocycles. The van der Waals surface area contributed by atoms with E-state index >= 15 is 0 Å². The summed E-state index contributed by atoms with van der Waals surface area (Å²) in [6.07, 6.45) is 1.71. The number of furan rings is 1. The van der Waals surface area contributed by atoms with Crippen LogP contribution in [0.5, 0.6) is 0 Å². The molecule has 0 aliphatic rings. The van der Waals surface area contributed by atoms with Gasteiger partial charge in [0.15, 0.2) is 0 Å². The molecule has 90 valence electrons. The molecule has 0 amide bonds. The monoisotopic (exact) mass is 302 g/mol. The lowest BCUT2D eigenvalue weighted by molar-refractivity contribution is 0.617. The second-order valence-electron chi connectivity index (χ2n) is 4.03. The second-order valence-corrected chi connectivity index (χ2v) is 4.89. The first-order valence-corrected chi connectivity index (χ1v) is 6.40. The van der Waals surface area contributed by atoms with E-state index in [-0.39, 0.29) is 0 Å². The van der Waals surface area contributed by atoms with Crippen molar-refractivity contribution in [1.29, 1.82) is 0 Å². The zero-order chi connectivity index (χ0) is 12.5. The molecule has 2 aromatic heterocycles. The third-order valence-corrected chi connectivity index (χ3v) is 3.60. The summed E-state index contributed by atoms with van der Waals surface area (Å²) in [5.41, 5.74) is 2.75. The minimum absolute atomic E-state index is 0.808. The Balaban J connectivity index is 1.98. The van der Waals surface area contributed by atoms with Gasteiger partial charge in [-0.2, -0.15) is 0 Å². The second kappa shape index (κ2) is 4.46. The molecule has 0 bridgehead atoms. The predicted octanol–water partition coefficient (Wildman–Crippen LogP) is 4.64. The van der Waals surface area contributed by atoms with Crippen LogP contribution in [-0.2, 0) is 0 Å². The van der Waals surface area contributed by atoms with Gasteiger partial charge < -0.3 is 9.73 Å². The van der Waals surface area contributed by atoms with E-state index < -0.39 is 0 Å². The SMILES string of the molecule is Cc1nc(Nc2coc3ccccc23)ccc1Br. The molecule has 0 saturated heterocycles. The Morgan fingerprint density at radius 2 is 2.00 bits per heavy atom. The molecule has 2 heterocycles. The Morgan fingerprint density at radius 3 is 2.83 bits per heavy atom. The molecule has 3 rings (SSSR count). The van der Waals surface area contributed by atoms with E-state index in [9.17, 15) is 0 Å². The van der Waals surface area contributed by atoms with Crippen molar-refractivity contribution in [3.05, 3.63) is 52.8 Å². The van der Waals surface area contributed by atoms with Crippen LogP contribution in [0.3, 0.4) is 0 Å². The van der Waals surface area contributed by atoms with Crippen molar-refractivity contribution in [3.63, 3.8) is 0 Å². The number of halogens is 1. The van der Waals surface area contributed by atoms with Gasteiger partial charge in [0.1, 0.15) is 17.7 Å². The number of aryl methyl sites for hydroxylation is 1. The molecule has 18 heavy (non-hydrogen) atoms. The largest absolute Gasteiger partial charge is 0.462 e. The first-order valence-electron chi connectivity index (χ1n) is 5.60. The third-order valence-electron chi connectivity index (χ3n) is 2.77. The average molecular weight is 303 g/mol. The number of hydrogen-bond acceptors (Lipinski definition) is 3. The minimum Gasteiger partial charge on any atom is -0.462 e. The molecule has 1 aromatic carbocycles. The Hall–Kier alpha value is -1.81. The Labute approximate surface area is 113 Å². The van der Waals surface area contributed by atoms with Gasteiger partial charge in [-0.25, -0.2) is 4.98 Å². The number of nitrogens with one attached hydrogen (secondary N) is 1. The van der Waals surface area contributed by atoms with Gasteiger partial charge >= 0.3 is 0 Å². The van der Waals surface area contributed by atoms with Gasteiger partial charge in [0.25, 0.3) is 0 Å². The van der Waals surface area contributed by atoms with Gasteiger partial charge in [-0.15, -0.1) is 0 Å². The number of aromatic nitrogens is 1. The van der Waals surface area contributed by atoms with Crippen LogP contribution < -0.4 is 5.32 Å². The lowest BCUT2D eigenvalue weighted by Crippen LogP contribution is -1.94. The number of benzene rings is 1. The van der Waals surface area contributed by atoms with E-state index in [4.69, 9.17) is 4.42 Å². The van der Waals surface area contributed by atoms with Gasteiger partial charge in [0.2, 0.25) is 0 Å². The van der Waals surface area contributed by atoms with E-state index in [1.54, 1.807) is 6.26 Å². The summed E-state index contributed by atoms with van der Waals surface area (Å²) in [6.45, 7) is 1.96. The summed E-state index contributed by atoms with van der Waals surface area (Å²) in [5.74, 6) is 0.808. The predicted molar refractivity (Wildman–Crippen MR) is 76.2 cm³/mol. The van der Waals surface area contributed by atoms with Gasteiger partial charge in [-0.3, -0.25) is 0 Å². The van der Waals surface area contributed by atoms with Crippen molar-refractivity contribution in [1.82, 2.24) is 4.98 Å². The lowest BCUT2D eigenvalue weighted by atomic mass is 10.2. The van der Waals surface area contributed by atoms with Gasteiger partial charge in [0.05, 0.1) is 11.4 Å². The quantitative estimate of drug-likeness (QED) is 0.749. The maximum atomic E-state index is 5.48. The molecular formula is C14H11BrN2O. The van der Waals surface area contributed by atoms with Crippen LogP contribution in [0, 0.1) is 6.92 Å². The van der Waals surface area contributed by atoms with Crippen LogP contribution in [-0.4, -0.2) is 4.98 Å². The minimum atomic E-state index is 0.808. The highest BCUT2D eigenvalue weighted by Gasteiger charge is 2.06. The van der Waals surface area contributed by atoms with Crippen molar-refractivity contribution in [2.75, 3.05) is 5.32 Å². The van der Waals surface area contributed by atoms with Crippen LogP contribution in [0.4, 0.5) is 11.5 Å². The molecular weight excluding hydrogens is 292 g/mol. The summed E-state index contributed by atoms with van der Waals surface area (Å²) < 4.78 is 6.48. The van der Waals surface area contributed by atoms with Gasteiger partial charge in [-0.05, 0) is 47.1 Å². The molecule has 0 spiro atoms. The van der Waals surface area contributed by atoms with Crippen LogP contribution in [0.15, 0.2) is 51.6 Å². The van der Waals surface area contributed by atoms with E-state index in [0.717, 1.165) is 32.6 Å². The molecule has 0 aliphatic heterocycles. The fourth-order valence-corrected chi connectivity index (χ4v) is 2.05. The van der Waals surface area contributed by atoms with Crippen molar-refractivity contribution < 1.29 is 4.42 Å².